The molecule has 0 atom stereocenters. The van der Waals surface area contributed by atoms with Crippen LogP contribution in [0.2, 0.25) is 0 Å². The molecule has 0 aromatic heterocycles. The fourth-order valence-corrected chi connectivity index (χ4v) is 2.28. The Labute approximate surface area is 89.7 Å². The molecule has 0 fully saturated rings. The Kier molecular flexibility index (Phi) is 3.03. The molecule has 76 valence electrons. The maximum Gasteiger partial charge on any atom is 0.302 e. The highest BCUT2D eigenvalue weighted by Crippen LogP contribution is 2.31. The van der Waals surface area contributed by atoms with Gasteiger partial charge in [-0.05, 0) is 12.1 Å². The third-order valence-electron chi connectivity index (χ3n) is 1.42. The molecule has 0 saturated carbocycles. The fraction of sp³-hybridized carbons (Fsp3) is 0. The van der Waals surface area contributed by atoms with E-state index in [1.54, 1.807) is 0 Å². The van der Waals surface area contributed by atoms with Crippen LogP contribution in [0.15, 0.2) is 28.0 Å². The maximum absolute atomic E-state index is 10.9. The van der Waals surface area contributed by atoms with Gasteiger partial charge in [-0.25, -0.2) is 8.42 Å². The van der Waals surface area contributed by atoms with E-state index in [0.717, 1.165) is 6.07 Å². The van der Waals surface area contributed by atoms with Gasteiger partial charge in [0.1, 0.15) is 0 Å². The van der Waals surface area contributed by atoms with E-state index in [9.17, 15) is 18.5 Å². The quantitative estimate of drug-likeness (QED) is 0.377. The van der Waals surface area contributed by atoms with Crippen molar-refractivity contribution in [2.75, 3.05) is 0 Å². The Balaban J connectivity index is 3.61. The molecule has 0 radical (unpaired) electrons. The van der Waals surface area contributed by atoms with Crippen LogP contribution in [0.3, 0.4) is 0 Å². The average molecular weight is 254 g/mol. The van der Waals surface area contributed by atoms with Crippen LogP contribution in [0, 0.1) is 10.1 Å². The number of halogens is 1. The van der Waals surface area contributed by atoms with E-state index >= 15 is 0 Å². The summed E-state index contributed by atoms with van der Waals surface area (Å²) in [5, 5.41) is 10.5. The molecule has 0 spiro atoms. The summed E-state index contributed by atoms with van der Waals surface area (Å²) >= 11 is 3.77. The molecular weight excluding hydrogens is 250 g/mol. The fourth-order valence-electron chi connectivity index (χ4n) is 0.891. The second-order valence-corrected chi connectivity index (χ2v) is 5.34. The first-order valence-corrected chi connectivity index (χ1v) is 6.00. The number of hydrogen-bond donors (Lipinski definition) is 1. The minimum atomic E-state index is -4.12. The summed E-state index contributed by atoms with van der Waals surface area (Å²) in [6.45, 7) is 0. The van der Waals surface area contributed by atoms with Crippen molar-refractivity contribution in [3.63, 3.8) is 0 Å². The largest absolute Gasteiger partial charge is 0.302 e. The Bertz CT molecular complexity index is 485. The van der Waals surface area contributed by atoms with Crippen molar-refractivity contribution >= 4 is 38.0 Å². The van der Waals surface area contributed by atoms with Gasteiger partial charge in [0.2, 0.25) is 0 Å². The summed E-state index contributed by atoms with van der Waals surface area (Å²) in [6.07, 6.45) is 0. The van der Waals surface area contributed by atoms with Crippen molar-refractivity contribution in [1.82, 2.24) is 0 Å². The first-order chi connectivity index (χ1) is 6.34. The first-order valence-electron chi connectivity index (χ1n) is 3.25. The van der Waals surface area contributed by atoms with Gasteiger partial charge in [-0.15, -0.1) is 12.6 Å². The summed E-state index contributed by atoms with van der Waals surface area (Å²) in [6, 6.07) is 3.69. The molecule has 14 heavy (non-hydrogen) atoms. The van der Waals surface area contributed by atoms with Crippen LogP contribution in [0.1, 0.15) is 0 Å². The van der Waals surface area contributed by atoms with Crippen LogP contribution in [0.5, 0.6) is 0 Å². The molecular formula is C6H4ClNO4S2. The number of nitro benzene ring substituents is 1. The lowest BCUT2D eigenvalue weighted by molar-refractivity contribution is -0.390. The smallest absolute Gasteiger partial charge is 0.258 e. The molecule has 1 rings (SSSR count). The Hall–Kier alpha value is -0.790. The predicted octanol–water partition coefficient (Wildman–Crippen LogP) is 1.81. The molecule has 0 aliphatic rings. The zero-order valence-corrected chi connectivity index (χ0v) is 9.01. The molecule has 1 aromatic carbocycles. The van der Waals surface area contributed by atoms with E-state index < -0.39 is 24.6 Å². The molecule has 0 saturated heterocycles. The molecule has 0 unspecified atom stereocenters. The maximum atomic E-state index is 10.9. The highest BCUT2D eigenvalue weighted by molar-refractivity contribution is 8.13. The Morgan fingerprint density at radius 3 is 2.36 bits per heavy atom. The molecule has 0 bridgehead atoms. The second-order valence-electron chi connectivity index (χ2n) is 2.32. The minimum Gasteiger partial charge on any atom is -0.258 e. The van der Waals surface area contributed by atoms with Gasteiger partial charge in [-0.2, -0.15) is 0 Å². The van der Waals surface area contributed by atoms with Crippen molar-refractivity contribution in [3.8, 4) is 0 Å². The normalized spacial score (nSPS) is 11.3. The third kappa shape index (κ3) is 2.17. The van der Waals surface area contributed by atoms with Crippen LogP contribution in [-0.4, -0.2) is 13.3 Å². The molecule has 0 heterocycles. The van der Waals surface area contributed by atoms with Gasteiger partial charge in [0.25, 0.3) is 9.05 Å². The topological polar surface area (TPSA) is 77.3 Å². The zero-order valence-electron chi connectivity index (χ0n) is 6.55. The van der Waals surface area contributed by atoms with Crippen LogP contribution >= 0.6 is 23.3 Å². The van der Waals surface area contributed by atoms with Gasteiger partial charge < -0.3 is 0 Å². The van der Waals surface area contributed by atoms with Gasteiger partial charge in [-0.3, -0.25) is 10.1 Å². The SMILES string of the molecule is O=[N+]([O-])c1c(S)cccc1S(=O)(=O)Cl. The lowest BCUT2D eigenvalue weighted by atomic mass is 10.3. The van der Waals surface area contributed by atoms with E-state index in [0.29, 0.717) is 0 Å². The van der Waals surface area contributed by atoms with Gasteiger partial charge in [0.05, 0.1) is 9.82 Å². The summed E-state index contributed by atoms with van der Waals surface area (Å²) in [5.41, 5.74) is -0.606. The minimum absolute atomic E-state index is 0.0447. The third-order valence-corrected chi connectivity index (χ3v) is 3.14. The van der Waals surface area contributed by atoms with Crippen molar-refractivity contribution in [1.29, 1.82) is 0 Å². The molecule has 0 aliphatic heterocycles. The van der Waals surface area contributed by atoms with Gasteiger partial charge >= 0.3 is 5.69 Å². The number of rotatable bonds is 2. The van der Waals surface area contributed by atoms with Crippen molar-refractivity contribution < 1.29 is 13.3 Å². The number of nitro groups is 1. The number of hydrogen-bond acceptors (Lipinski definition) is 5. The lowest BCUT2D eigenvalue weighted by Crippen LogP contribution is -1.99. The highest BCUT2D eigenvalue weighted by atomic mass is 35.7. The van der Waals surface area contributed by atoms with Crippen molar-refractivity contribution in [3.05, 3.63) is 28.3 Å². The average Bonchev–Trinajstić information content (AvgIpc) is 2.01. The van der Waals surface area contributed by atoms with Crippen LogP contribution < -0.4 is 0 Å². The van der Waals surface area contributed by atoms with E-state index in [2.05, 4.69) is 12.6 Å². The van der Waals surface area contributed by atoms with Crippen molar-refractivity contribution in [2.24, 2.45) is 0 Å². The standard InChI is InChI=1S/C6H4ClNO4S2/c7-14(11,12)5-3-1-2-4(13)6(5)8(9)10/h1-3,13H. The molecule has 5 nitrogen and oxygen atoms in total. The number of thiol groups is 1. The van der Waals surface area contributed by atoms with Gasteiger partial charge in [-0.1, -0.05) is 6.07 Å². The molecule has 0 N–H and O–H groups in total. The lowest BCUT2D eigenvalue weighted by Gasteiger charge is -2.00. The molecule has 1 aromatic rings. The number of para-hydroxylation sites is 1. The number of nitrogens with zero attached hydrogens (tertiary/aromatic N) is 1. The Morgan fingerprint density at radius 1 is 1.43 bits per heavy atom. The van der Waals surface area contributed by atoms with E-state index in [1.807, 2.05) is 0 Å². The summed E-state index contributed by atoms with van der Waals surface area (Å²) in [5.74, 6) is 0. The van der Waals surface area contributed by atoms with Gasteiger partial charge in [0.15, 0.2) is 4.90 Å². The first kappa shape index (κ1) is 11.3. The highest BCUT2D eigenvalue weighted by Gasteiger charge is 2.25. The van der Waals surface area contributed by atoms with Crippen LogP contribution in [-0.2, 0) is 9.05 Å². The number of benzene rings is 1. The predicted molar refractivity (Wildman–Crippen MR) is 53.4 cm³/mol. The summed E-state index contributed by atoms with van der Waals surface area (Å²) in [7, 11) is 0.894. The molecule has 8 heteroatoms. The van der Waals surface area contributed by atoms with E-state index in [-0.39, 0.29) is 4.90 Å². The van der Waals surface area contributed by atoms with Gasteiger partial charge in [0, 0.05) is 10.7 Å². The second kappa shape index (κ2) is 3.76. The molecule has 0 amide bonds. The zero-order chi connectivity index (χ0) is 10.9. The van der Waals surface area contributed by atoms with Crippen LogP contribution in [0.25, 0.3) is 0 Å². The monoisotopic (exact) mass is 253 g/mol. The van der Waals surface area contributed by atoms with Crippen molar-refractivity contribution in [2.45, 2.75) is 9.79 Å². The van der Waals surface area contributed by atoms with Crippen LogP contribution in [0.4, 0.5) is 5.69 Å². The Morgan fingerprint density at radius 2 is 2.00 bits per heavy atom. The van der Waals surface area contributed by atoms with E-state index in [1.165, 1.54) is 12.1 Å². The molecule has 0 aliphatic carbocycles. The van der Waals surface area contributed by atoms with E-state index in [4.69, 9.17) is 10.7 Å². The summed E-state index contributed by atoms with van der Waals surface area (Å²) < 4.78 is 21.9. The summed E-state index contributed by atoms with van der Waals surface area (Å²) in [4.78, 5) is 9.10.